The highest BCUT2D eigenvalue weighted by molar-refractivity contribution is 9.10. The van der Waals surface area contributed by atoms with Gasteiger partial charge >= 0.3 is 0 Å². The van der Waals surface area contributed by atoms with Gasteiger partial charge < -0.3 is 34.9 Å². The molecule has 0 bridgehead atoms. The van der Waals surface area contributed by atoms with Gasteiger partial charge in [-0.3, -0.25) is 0 Å². The minimum atomic E-state index is -1.46. The summed E-state index contributed by atoms with van der Waals surface area (Å²) in [5, 5.41) is 39.4. The fourth-order valence-electron chi connectivity index (χ4n) is 2.46. The monoisotopic (exact) mass is 373 g/mol. The third-order valence-electron chi connectivity index (χ3n) is 3.70. The zero-order chi connectivity index (χ0) is 15.9. The molecule has 1 aliphatic rings. The first-order valence-electron chi connectivity index (χ1n) is 6.75. The number of aromatic amines is 1. The Morgan fingerprint density at radius 2 is 1.95 bits per heavy atom. The van der Waals surface area contributed by atoms with Gasteiger partial charge in [0.2, 0.25) is 6.29 Å². The van der Waals surface area contributed by atoms with E-state index in [1.807, 2.05) is 18.2 Å². The molecule has 8 heteroatoms. The summed E-state index contributed by atoms with van der Waals surface area (Å²) in [6, 6.07) is 5.54. The highest BCUT2D eigenvalue weighted by Gasteiger charge is 2.44. The van der Waals surface area contributed by atoms with Crippen molar-refractivity contribution in [2.24, 2.45) is 0 Å². The highest BCUT2D eigenvalue weighted by atomic mass is 79.9. The number of fused-ring (bicyclic) bond motifs is 1. The fraction of sp³-hybridized carbons (Fsp3) is 0.429. The molecule has 3 rings (SSSR count). The highest BCUT2D eigenvalue weighted by Crippen LogP contribution is 2.31. The number of aliphatic hydroxyl groups excluding tert-OH is 4. The number of ether oxygens (including phenoxy) is 2. The molecule has 0 radical (unpaired) electrons. The summed E-state index contributed by atoms with van der Waals surface area (Å²) in [6.07, 6.45) is -4.88. The summed E-state index contributed by atoms with van der Waals surface area (Å²) < 4.78 is 11.8. The average molecular weight is 374 g/mol. The van der Waals surface area contributed by atoms with Crippen LogP contribution in [-0.2, 0) is 4.74 Å². The Balaban J connectivity index is 1.84. The number of aromatic nitrogens is 1. The van der Waals surface area contributed by atoms with Crippen LogP contribution in [0.2, 0.25) is 0 Å². The van der Waals surface area contributed by atoms with Gasteiger partial charge in [-0.15, -0.1) is 0 Å². The predicted molar refractivity (Wildman–Crippen MR) is 80.4 cm³/mol. The van der Waals surface area contributed by atoms with Crippen molar-refractivity contribution in [2.75, 3.05) is 6.61 Å². The first-order valence-corrected chi connectivity index (χ1v) is 7.54. The molecule has 120 valence electrons. The van der Waals surface area contributed by atoms with Crippen molar-refractivity contribution in [1.29, 1.82) is 0 Å². The zero-order valence-electron chi connectivity index (χ0n) is 11.4. The van der Waals surface area contributed by atoms with Gasteiger partial charge in [0.1, 0.15) is 30.2 Å². The van der Waals surface area contributed by atoms with Gasteiger partial charge in [0.05, 0.1) is 12.1 Å². The first-order chi connectivity index (χ1) is 10.5. The second-order valence-corrected chi connectivity index (χ2v) is 6.07. The van der Waals surface area contributed by atoms with Crippen LogP contribution in [0.5, 0.6) is 5.75 Å². The Hall–Kier alpha value is -1.16. The molecule has 2 aromatic rings. The van der Waals surface area contributed by atoms with Crippen molar-refractivity contribution in [2.45, 2.75) is 30.7 Å². The van der Waals surface area contributed by atoms with Gasteiger partial charge in [0, 0.05) is 16.1 Å². The van der Waals surface area contributed by atoms with Crippen molar-refractivity contribution < 1.29 is 29.9 Å². The Morgan fingerprint density at radius 1 is 1.18 bits per heavy atom. The van der Waals surface area contributed by atoms with Crippen LogP contribution in [0, 0.1) is 0 Å². The molecule has 0 spiro atoms. The summed E-state index contributed by atoms with van der Waals surface area (Å²) in [6.45, 7) is -0.494. The van der Waals surface area contributed by atoms with Gasteiger partial charge in [-0.1, -0.05) is 15.9 Å². The number of hydrogen-bond donors (Lipinski definition) is 5. The van der Waals surface area contributed by atoms with Crippen LogP contribution >= 0.6 is 15.9 Å². The normalized spacial score (nSPS) is 32.3. The van der Waals surface area contributed by atoms with Gasteiger partial charge in [0.15, 0.2) is 0 Å². The maximum atomic E-state index is 9.98. The molecule has 2 heterocycles. The quantitative estimate of drug-likeness (QED) is 0.521. The van der Waals surface area contributed by atoms with Crippen LogP contribution in [0.15, 0.2) is 28.9 Å². The molecule has 5 atom stereocenters. The molecule has 1 saturated heterocycles. The number of nitrogens with one attached hydrogen (secondary N) is 1. The van der Waals surface area contributed by atoms with E-state index in [1.54, 1.807) is 6.20 Å². The molecule has 3 unspecified atom stereocenters. The van der Waals surface area contributed by atoms with E-state index in [4.69, 9.17) is 14.6 Å². The molecule has 1 aromatic heterocycles. The summed E-state index contributed by atoms with van der Waals surface area (Å²) in [5.74, 6) is 0.437. The van der Waals surface area contributed by atoms with Crippen LogP contribution in [0.4, 0.5) is 0 Å². The number of hydrogen-bond acceptors (Lipinski definition) is 6. The van der Waals surface area contributed by atoms with Crippen LogP contribution in [0.3, 0.4) is 0 Å². The summed E-state index contributed by atoms with van der Waals surface area (Å²) in [5.41, 5.74) is 0.828. The number of aliphatic hydroxyl groups is 4. The molecule has 0 saturated carbocycles. The van der Waals surface area contributed by atoms with Crippen molar-refractivity contribution in [1.82, 2.24) is 4.98 Å². The van der Waals surface area contributed by atoms with E-state index in [9.17, 15) is 15.3 Å². The smallest absolute Gasteiger partial charge is 0.229 e. The van der Waals surface area contributed by atoms with Crippen molar-refractivity contribution in [3.05, 3.63) is 28.9 Å². The zero-order valence-corrected chi connectivity index (χ0v) is 13.0. The summed E-state index contributed by atoms with van der Waals surface area (Å²) in [7, 11) is 0. The summed E-state index contributed by atoms with van der Waals surface area (Å²) >= 11 is 3.37. The minimum absolute atomic E-state index is 0.437. The van der Waals surface area contributed by atoms with Gasteiger partial charge in [-0.25, -0.2) is 0 Å². The van der Waals surface area contributed by atoms with Crippen LogP contribution in [0.1, 0.15) is 0 Å². The lowest BCUT2D eigenvalue weighted by Gasteiger charge is -2.39. The second kappa shape index (κ2) is 6.15. The molecule has 7 nitrogen and oxygen atoms in total. The fourth-order valence-corrected chi connectivity index (χ4v) is 2.82. The molecule has 0 aliphatic carbocycles. The van der Waals surface area contributed by atoms with Crippen molar-refractivity contribution >= 4 is 26.8 Å². The van der Waals surface area contributed by atoms with Crippen molar-refractivity contribution in [3.8, 4) is 5.75 Å². The van der Waals surface area contributed by atoms with Crippen molar-refractivity contribution in [3.63, 3.8) is 0 Å². The maximum absolute atomic E-state index is 9.98. The van der Waals surface area contributed by atoms with E-state index < -0.39 is 37.3 Å². The summed E-state index contributed by atoms with van der Waals surface area (Å²) in [4.78, 5) is 3.03. The third-order valence-corrected chi connectivity index (χ3v) is 4.19. The first kappa shape index (κ1) is 15.7. The molecule has 22 heavy (non-hydrogen) atoms. The third kappa shape index (κ3) is 2.73. The molecule has 0 amide bonds. The van der Waals surface area contributed by atoms with E-state index in [1.165, 1.54) is 0 Å². The van der Waals surface area contributed by atoms with E-state index in [-0.39, 0.29) is 0 Å². The van der Waals surface area contributed by atoms with Gasteiger partial charge in [-0.2, -0.15) is 0 Å². The van der Waals surface area contributed by atoms with Gasteiger partial charge in [-0.05, 0) is 18.2 Å². The predicted octanol–water partition coefficient (Wildman–Crippen LogP) is 0.109. The lowest BCUT2D eigenvalue weighted by molar-refractivity contribution is -0.277. The van der Waals surface area contributed by atoms with E-state index >= 15 is 0 Å². The molecular formula is C14H16BrNO6. The second-order valence-electron chi connectivity index (χ2n) is 5.16. The minimum Gasteiger partial charge on any atom is -0.460 e. The van der Waals surface area contributed by atoms with E-state index in [0.29, 0.717) is 5.75 Å². The number of rotatable bonds is 3. The molecule has 5 N–H and O–H groups in total. The average Bonchev–Trinajstić information content (AvgIpc) is 2.90. The number of H-pyrrole nitrogens is 1. The lowest BCUT2D eigenvalue weighted by atomic mass is 9.99. The Kier molecular flexibility index (Phi) is 4.40. The number of halogens is 1. The van der Waals surface area contributed by atoms with E-state index in [2.05, 4.69) is 20.9 Å². The van der Waals surface area contributed by atoms with Crippen LogP contribution < -0.4 is 4.74 Å². The molecule has 1 aromatic carbocycles. The molecule has 1 aliphatic heterocycles. The Bertz CT molecular complexity index is 660. The lowest BCUT2D eigenvalue weighted by Crippen LogP contribution is -2.60. The topological polar surface area (TPSA) is 115 Å². The molecule has 1 fully saturated rings. The number of benzene rings is 1. The van der Waals surface area contributed by atoms with Crippen LogP contribution in [0.25, 0.3) is 10.9 Å². The van der Waals surface area contributed by atoms with Gasteiger partial charge in [0.25, 0.3) is 0 Å². The molecular weight excluding hydrogens is 358 g/mol. The van der Waals surface area contributed by atoms with Crippen LogP contribution in [-0.4, -0.2) is 62.7 Å². The Morgan fingerprint density at radius 3 is 2.68 bits per heavy atom. The Labute approximate surface area is 134 Å². The standard InChI is InChI=1S/C14H16BrNO6/c15-6-1-2-7-8(3-6)16-4-9(7)21-14-13(20)12(19)11(18)10(5-17)22-14/h1-4,10-14,16-20H,5H2/t10?,11-,12?,13?,14-/m1/s1. The maximum Gasteiger partial charge on any atom is 0.229 e. The largest absolute Gasteiger partial charge is 0.460 e. The SMILES string of the molecule is OCC1O[C@@H](Oc2c[nH]c3cc(Br)ccc23)C(O)C(O)[C@@H]1O. The van der Waals surface area contributed by atoms with E-state index in [0.717, 1.165) is 15.4 Å².